The lowest BCUT2D eigenvalue weighted by Gasteiger charge is -2.16. The molecule has 56 heavy (non-hydrogen) atoms. The average Bonchev–Trinajstić information content (AvgIpc) is 3.86. The van der Waals surface area contributed by atoms with Crippen molar-refractivity contribution in [3.63, 3.8) is 0 Å². The molecule has 0 radical (unpaired) electrons. The molecule has 2 atom stereocenters. The summed E-state index contributed by atoms with van der Waals surface area (Å²) in [5.41, 5.74) is 1.86. The van der Waals surface area contributed by atoms with Gasteiger partial charge >= 0.3 is 5.97 Å². The van der Waals surface area contributed by atoms with Crippen molar-refractivity contribution in [2.45, 2.75) is 55.8 Å². The zero-order valence-electron chi connectivity index (χ0n) is 30.5. The van der Waals surface area contributed by atoms with E-state index >= 15 is 0 Å². The number of benzene rings is 4. The van der Waals surface area contributed by atoms with Gasteiger partial charge in [0, 0.05) is 23.2 Å². The predicted molar refractivity (Wildman–Crippen MR) is 206 cm³/mol. The second-order valence-corrected chi connectivity index (χ2v) is 15.0. The fourth-order valence-electron chi connectivity index (χ4n) is 5.39. The molecular formula is C40H39ClN4O10S. The Kier molecular flexibility index (Phi) is 13.0. The Morgan fingerprint density at radius 1 is 0.911 bits per heavy atom. The van der Waals surface area contributed by atoms with Gasteiger partial charge in [-0.15, -0.1) is 0 Å². The van der Waals surface area contributed by atoms with Crippen molar-refractivity contribution in [1.29, 1.82) is 0 Å². The molecular weight excluding hydrogens is 764 g/mol. The lowest BCUT2D eigenvalue weighted by atomic mass is 10.2. The van der Waals surface area contributed by atoms with Crippen molar-refractivity contribution < 1.29 is 46.5 Å². The van der Waals surface area contributed by atoms with Crippen LogP contribution in [-0.2, 0) is 24.3 Å². The van der Waals surface area contributed by atoms with E-state index in [4.69, 9.17) is 35.3 Å². The number of ether oxygens (including phenoxy) is 5. The largest absolute Gasteiger partial charge is 0.496 e. The summed E-state index contributed by atoms with van der Waals surface area (Å²) in [5.74, 6) is 0.281. The number of hydrogen-bond acceptors (Lipinski definition) is 12. The zero-order valence-corrected chi connectivity index (χ0v) is 32.0. The number of rotatable bonds is 13. The molecule has 14 nitrogen and oxygen atoms in total. The number of nitrogens with zero attached hydrogens (tertiary/aromatic N) is 2. The molecule has 2 N–H and O–H groups in total. The van der Waals surface area contributed by atoms with Gasteiger partial charge in [0.2, 0.25) is 5.88 Å². The first kappa shape index (κ1) is 39.9. The van der Waals surface area contributed by atoms with Crippen molar-refractivity contribution in [3.8, 4) is 23.1 Å². The van der Waals surface area contributed by atoms with Crippen LogP contribution in [0.25, 0.3) is 11.0 Å². The monoisotopic (exact) mass is 802 g/mol. The van der Waals surface area contributed by atoms with Crippen molar-refractivity contribution >= 4 is 50.4 Å². The molecule has 16 heteroatoms. The molecule has 2 aliphatic rings. The van der Waals surface area contributed by atoms with E-state index in [-0.39, 0.29) is 40.9 Å². The van der Waals surface area contributed by atoms with Crippen LogP contribution in [-0.4, -0.2) is 74.7 Å². The number of carbonyl (C=O) groups is 3. The van der Waals surface area contributed by atoms with Crippen molar-refractivity contribution in [1.82, 2.24) is 20.0 Å². The standard InChI is InChI=1S/C22H21ClN2O5.C18H18N2O5S/c1-14(22(26)28-13-18-3-2-10-27-18)29-16-5-7-17(8-6-16)30-21-12-24-20-11-15(23)4-9-19(20)25-21;1-25-16-5-3-2-4-15(16)18(22)20-26(23,24)14-10-6-12(7-11-14)17(21)19-13-8-9-13/h4-9,11-12,14,18H,2-3,10,13H2,1H3;2-7,10-11,13H,8-9H2,1H3,(H,19,21)(H,20,22)/t14-,18?;/m1./s1. The summed E-state index contributed by atoms with van der Waals surface area (Å²) in [7, 11) is -2.68. The van der Waals surface area contributed by atoms with Gasteiger partial charge in [-0.2, -0.15) is 0 Å². The minimum atomic E-state index is -4.07. The van der Waals surface area contributed by atoms with Gasteiger partial charge in [-0.1, -0.05) is 23.7 Å². The Balaban J connectivity index is 0.000000192. The molecule has 292 valence electrons. The first-order chi connectivity index (χ1) is 27.0. The van der Waals surface area contributed by atoms with Crippen LogP contribution in [0.1, 0.15) is 53.3 Å². The Hall–Kier alpha value is -5.77. The molecule has 2 amide bonds. The fraction of sp³-hybridized carbons (Fsp3) is 0.275. The number of para-hydroxylation sites is 1. The Morgan fingerprint density at radius 3 is 2.34 bits per heavy atom. The third-order valence-electron chi connectivity index (χ3n) is 8.53. The zero-order chi connectivity index (χ0) is 39.7. The topological polar surface area (TPSA) is 181 Å². The number of esters is 1. The van der Waals surface area contributed by atoms with Crippen LogP contribution in [0.4, 0.5) is 0 Å². The van der Waals surface area contributed by atoms with Gasteiger partial charge in [-0.05, 0) is 111 Å². The minimum Gasteiger partial charge on any atom is -0.496 e. The summed E-state index contributed by atoms with van der Waals surface area (Å²) in [4.78, 5) is 44.9. The number of fused-ring (bicyclic) bond motifs is 1. The van der Waals surface area contributed by atoms with Crippen molar-refractivity contribution in [2.24, 2.45) is 0 Å². The maximum Gasteiger partial charge on any atom is 0.347 e. The highest BCUT2D eigenvalue weighted by molar-refractivity contribution is 7.90. The molecule has 1 aliphatic carbocycles. The molecule has 5 aromatic rings. The van der Waals surface area contributed by atoms with Gasteiger partial charge < -0.3 is 29.0 Å². The van der Waals surface area contributed by atoms with Gasteiger partial charge in [0.25, 0.3) is 21.8 Å². The molecule has 7 rings (SSSR count). The van der Waals surface area contributed by atoms with Gasteiger partial charge in [0.15, 0.2) is 6.10 Å². The third-order valence-corrected chi connectivity index (χ3v) is 10.1. The van der Waals surface area contributed by atoms with E-state index in [1.54, 1.807) is 67.6 Å². The van der Waals surface area contributed by atoms with Crippen LogP contribution in [0.5, 0.6) is 23.1 Å². The number of amides is 2. The van der Waals surface area contributed by atoms with Crippen LogP contribution < -0.4 is 24.2 Å². The molecule has 1 unspecified atom stereocenters. The molecule has 4 aromatic carbocycles. The summed E-state index contributed by atoms with van der Waals surface area (Å²) < 4.78 is 54.0. The minimum absolute atomic E-state index is 0.00669. The number of hydrogen-bond donors (Lipinski definition) is 2. The summed E-state index contributed by atoms with van der Waals surface area (Å²) in [6.45, 7) is 2.64. The lowest BCUT2D eigenvalue weighted by Crippen LogP contribution is -2.31. The molecule has 1 aromatic heterocycles. The van der Waals surface area contributed by atoms with Gasteiger partial charge in [0.05, 0.1) is 40.9 Å². The molecule has 2 heterocycles. The summed E-state index contributed by atoms with van der Waals surface area (Å²) in [5, 5.41) is 3.43. The van der Waals surface area contributed by atoms with Crippen molar-refractivity contribution in [3.05, 3.63) is 113 Å². The number of aromatic nitrogens is 2. The van der Waals surface area contributed by atoms with Crippen LogP contribution in [0.2, 0.25) is 5.02 Å². The fourth-order valence-corrected chi connectivity index (χ4v) is 6.53. The van der Waals surface area contributed by atoms with Gasteiger partial charge in [-0.3, -0.25) is 9.59 Å². The maximum atomic E-state index is 12.4. The van der Waals surface area contributed by atoms with Crippen LogP contribution in [0.15, 0.2) is 102 Å². The highest BCUT2D eigenvalue weighted by atomic mass is 35.5. The van der Waals surface area contributed by atoms with E-state index in [2.05, 4.69) is 15.3 Å². The predicted octanol–water partition coefficient (Wildman–Crippen LogP) is 6.27. The van der Waals surface area contributed by atoms with Crippen LogP contribution in [0, 0.1) is 0 Å². The smallest absolute Gasteiger partial charge is 0.347 e. The number of halogens is 1. The molecule has 1 aliphatic heterocycles. The van der Waals surface area contributed by atoms with E-state index in [9.17, 15) is 22.8 Å². The van der Waals surface area contributed by atoms with Gasteiger partial charge in [0.1, 0.15) is 23.9 Å². The molecule has 1 saturated carbocycles. The summed E-state index contributed by atoms with van der Waals surface area (Å²) >= 11 is 5.96. The Labute approximate surface area is 328 Å². The Bertz CT molecular complexity index is 2280. The number of nitrogens with one attached hydrogen (secondary N) is 2. The lowest BCUT2D eigenvalue weighted by molar-refractivity contribution is -0.154. The quantitative estimate of drug-likeness (QED) is 0.128. The highest BCUT2D eigenvalue weighted by Gasteiger charge is 2.25. The number of carbonyl (C=O) groups excluding carboxylic acids is 3. The first-order valence-electron chi connectivity index (χ1n) is 17.7. The number of sulfonamides is 1. The molecule has 0 spiro atoms. The SMILES string of the molecule is COc1ccccc1C(=O)NS(=O)(=O)c1ccc(C(=O)NC2CC2)cc1.C[C@@H](Oc1ccc(Oc2cnc3cc(Cl)ccc3n2)cc1)C(=O)OCC1CCCO1. The van der Waals surface area contributed by atoms with E-state index < -0.39 is 28.0 Å². The molecule has 0 bridgehead atoms. The normalized spacial score (nSPS) is 15.4. The summed E-state index contributed by atoms with van der Waals surface area (Å²) in [6, 6.07) is 24.1. The van der Waals surface area contributed by atoms with E-state index in [0.717, 1.165) is 32.3 Å². The third kappa shape index (κ3) is 10.9. The van der Waals surface area contributed by atoms with E-state index in [0.29, 0.717) is 39.0 Å². The second-order valence-electron chi connectivity index (χ2n) is 12.8. The molecule has 2 fully saturated rings. The number of methoxy groups -OCH3 is 1. The van der Waals surface area contributed by atoms with E-state index in [1.807, 2.05) is 4.72 Å². The Morgan fingerprint density at radius 2 is 1.64 bits per heavy atom. The first-order valence-corrected chi connectivity index (χ1v) is 19.6. The second kappa shape index (κ2) is 18.2. The van der Waals surface area contributed by atoms with Crippen LogP contribution in [0.3, 0.4) is 0 Å². The van der Waals surface area contributed by atoms with E-state index in [1.165, 1.54) is 43.6 Å². The highest BCUT2D eigenvalue weighted by Crippen LogP contribution is 2.26. The average molecular weight is 803 g/mol. The summed E-state index contributed by atoms with van der Waals surface area (Å²) in [6.07, 6.45) is 4.65. The maximum absolute atomic E-state index is 12.4. The van der Waals surface area contributed by atoms with Crippen LogP contribution >= 0.6 is 11.6 Å². The molecule has 1 saturated heterocycles. The van der Waals surface area contributed by atoms with Gasteiger partial charge in [-0.25, -0.2) is 27.9 Å². The van der Waals surface area contributed by atoms with Crippen molar-refractivity contribution in [2.75, 3.05) is 20.3 Å².